The van der Waals surface area contributed by atoms with Gasteiger partial charge in [-0.15, -0.1) is 0 Å². The predicted octanol–water partition coefficient (Wildman–Crippen LogP) is 8.18. The molecule has 1 aliphatic carbocycles. The third kappa shape index (κ3) is 5.06. The first kappa shape index (κ1) is 24.1. The second-order valence-electron chi connectivity index (χ2n) is 8.88. The lowest BCUT2D eigenvalue weighted by Crippen LogP contribution is -2.13. The third-order valence-corrected chi connectivity index (χ3v) is 6.55. The fourth-order valence-corrected chi connectivity index (χ4v) is 4.52. The zero-order valence-electron chi connectivity index (χ0n) is 19.3. The lowest BCUT2D eigenvalue weighted by atomic mass is 9.79. The largest absolute Gasteiger partial charge is 0.491 e. The van der Waals surface area contributed by atoms with Crippen LogP contribution in [0.15, 0.2) is 48.5 Å². The third-order valence-electron chi connectivity index (χ3n) is 6.55. The molecular weight excluding hydrogens is 444 g/mol. The van der Waals surface area contributed by atoms with E-state index in [0.29, 0.717) is 22.8 Å². The summed E-state index contributed by atoms with van der Waals surface area (Å²) in [5.41, 5.74) is 1.12. The fourth-order valence-electron chi connectivity index (χ4n) is 4.52. The highest BCUT2D eigenvalue weighted by molar-refractivity contribution is 5.66. The number of ether oxygens (including phenoxy) is 2. The van der Waals surface area contributed by atoms with Crippen molar-refractivity contribution in [2.75, 3.05) is 6.61 Å². The van der Waals surface area contributed by atoms with E-state index in [0.717, 1.165) is 25.7 Å². The van der Waals surface area contributed by atoms with Crippen LogP contribution in [0.2, 0.25) is 0 Å². The lowest BCUT2D eigenvalue weighted by Gasteiger charge is -2.27. The molecule has 0 aromatic heterocycles. The summed E-state index contributed by atoms with van der Waals surface area (Å²) in [7, 11) is 0. The molecule has 2 nitrogen and oxygen atoms in total. The van der Waals surface area contributed by atoms with Gasteiger partial charge in [-0.3, -0.25) is 0 Å². The number of halogens is 4. The summed E-state index contributed by atoms with van der Waals surface area (Å²) in [6.45, 7) is 3.97. The molecular formula is C28H28F4O2. The standard InChI is InChI=1S/C28H28F4O2/c1-3-33-24-15-14-23(27(31)28(24)32)19-8-11-21(12-9-19)34-16-20-10-13-22(26(30)25(20)29)18-6-4-17(2)5-7-18/h8-15,17-18H,3-7,16H2,1-2H3. The van der Waals surface area contributed by atoms with Gasteiger partial charge in [-0.05, 0) is 67.0 Å². The summed E-state index contributed by atoms with van der Waals surface area (Å²) in [5.74, 6) is -2.74. The van der Waals surface area contributed by atoms with Gasteiger partial charge in [-0.25, -0.2) is 13.2 Å². The van der Waals surface area contributed by atoms with Gasteiger partial charge in [0.2, 0.25) is 5.82 Å². The smallest absolute Gasteiger partial charge is 0.201 e. The summed E-state index contributed by atoms with van der Waals surface area (Å²) >= 11 is 0. The van der Waals surface area contributed by atoms with E-state index in [-0.39, 0.29) is 36.0 Å². The molecule has 0 amide bonds. The highest BCUT2D eigenvalue weighted by Gasteiger charge is 2.25. The van der Waals surface area contributed by atoms with E-state index in [1.165, 1.54) is 12.1 Å². The van der Waals surface area contributed by atoms with E-state index in [2.05, 4.69) is 6.92 Å². The Bertz CT molecular complexity index is 1140. The van der Waals surface area contributed by atoms with Crippen LogP contribution in [0.5, 0.6) is 11.5 Å². The summed E-state index contributed by atoms with van der Waals surface area (Å²) in [6, 6.07) is 12.4. The first-order valence-electron chi connectivity index (χ1n) is 11.7. The fraction of sp³-hybridized carbons (Fsp3) is 0.357. The van der Waals surface area contributed by atoms with E-state index in [9.17, 15) is 17.6 Å². The molecule has 4 rings (SSSR count). The second kappa shape index (κ2) is 10.5. The van der Waals surface area contributed by atoms with Crippen LogP contribution < -0.4 is 9.47 Å². The number of rotatable bonds is 7. The Balaban J connectivity index is 1.44. The maximum atomic E-state index is 14.8. The Morgan fingerprint density at radius 3 is 2.12 bits per heavy atom. The molecule has 0 aliphatic heterocycles. The van der Waals surface area contributed by atoms with Crippen LogP contribution in [0.4, 0.5) is 17.6 Å². The second-order valence-corrected chi connectivity index (χ2v) is 8.88. The molecule has 1 saturated carbocycles. The topological polar surface area (TPSA) is 18.5 Å². The number of hydrogen-bond acceptors (Lipinski definition) is 2. The van der Waals surface area contributed by atoms with E-state index < -0.39 is 23.3 Å². The molecule has 3 aromatic rings. The Morgan fingerprint density at radius 1 is 0.735 bits per heavy atom. The van der Waals surface area contributed by atoms with Crippen molar-refractivity contribution in [1.82, 2.24) is 0 Å². The van der Waals surface area contributed by atoms with Gasteiger partial charge in [0.25, 0.3) is 0 Å². The van der Waals surface area contributed by atoms with E-state index in [4.69, 9.17) is 9.47 Å². The number of benzene rings is 3. The maximum absolute atomic E-state index is 14.8. The minimum absolute atomic E-state index is 0.0565. The van der Waals surface area contributed by atoms with Crippen molar-refractivity contribution in [3.05, 3.63) is 82.9 Å². The molecule has 180 valence electrons. The Kier molecular flexibility index (Phi) is 7.44. The van der Waals surface area contributed by atoms with Crippen LogP contribution in [-0.2, 0) is 6.61 Å². The number of hydrogen-bond donors (Lipinski definition) is 0. The molecule has 0 saturated heterocycles. The zero-order valence-corrected chi connectivity index (χ0v) is 19.3. The molecule has 0 bridgehead atoms. The summed E-state index contributed by atoms with van der Waals surface area (Å²) in [6.07, 6.45) is 3.80. The van der Waals surface area contributed by atoms with Crippen LogP contribution in [0.25, 0.3) is 11.1 Å². The van der Waals surface area contributed by atoms with E-state index in [1.807, 2.05) is 0 Å². The van der Waals surface area contributed by atoms with Gasteiger partial charge in [0.15, 0.2) is 23.2 Å². The van der Waals surface area contributed by atoms with Crippen LogP contribution in [0.3, 0.4) is 0 Å². The Labute approximate surface area is 197 Å². The molecule has 0 spiro atoms. The lowest BCUT2D eigenvalue weighted by molar-refractivity contribution is 0.295. The molecule has 0 heterocycles. The molecule has 34 heavy (non-hydrogen) atoms. The maximum Gasteiger partial charge on any atom is 0.201 e. The minimum atomic E-state index is -1.04. The molecule has 1 fully saturated rings. The zero-order chi connectivity index (χ0) is 24.2. The van der Waals surface area contributed by atoms with Crippen molar-refractivity contribution in [1.29, 1.82) is 0 Å². The van der Waals surface area contributed by atoms with Gasteiger partial charge < -0.3 is 9.47 Å². The quantitative estimate of drug-likeness (QED) is 0.323. The normalized spacial score (nSPS) is 18.1. The van der Waals surface area contributed by atoms with Crippen LogP contribution in [-0.4, -0.2) is 6.61 Å². The Morgan fingerprint density at radius 2 is 1.44 bits per heavy atom. The average molecular weight is 473 g/mol. The minimum Gasteiger partial charge on any atom is -0.491 e. The highest BCUT2D eigenvalue weighted by Crippen LogP contribution is 2.37. The van der Waals surface area contributed by atoms with Crippen molar-refractivity contribution in [3.63, 3.8) is 0 Å². The molecule has 6 heteroatoms. The van der Waals surface area contributed by atoms with Crippen molar-refractivity contribution < 1.29 is 27.0 Å². The van der Waals surface area contributed by atoms with Gasteiger partial charge in [0.1, 0.15) is 12.4 Å². The first-order valence-corrected chi connectivity index (χ1v) is 11.7. The average Bonchev–Trinajstić information content (AvgIpc) is 2.84. The van der Waals surface area contributed by atoms with Crippen molar-refractivity contribution in [3.8, 4) is 22.6 Å². The monoisotopic (exact) mass is 472 g/mol. The van der Waals surface area contributed by atoms with Crippen molar-refractivity contribution in [2.24, 2.45) is 5.92 Å². The van der Waals surface area contributed by atoms with Gasteiger partial charge in [-0.1, -0.05) is 44.0 Å². The molecule has 0 radical (unpaired) electrons. The van der Waals surface area contributed by atoms with Crippen LogP contribution in [0.1, 0.15) is 56.6 Å². The summed E-state index contributed by atoms with van der Waals surface area (Å²) in [5, 5.41) is 0. The van der Waals surface area contributed by atoms with E-state index in [1.54, 1.807) is 43.3 Å². The van der Waals surface area contributed by atoms with Gasteiger partial charge in [0.05, 0.1) is 6.61 Å². The van der Waals surface area contributed by atoms with Crippen LogP contribution in [0, 0.1) is 29.2 Å². The molecule has 0 atom stereocenters. The van der Waals surface area contributed by atoms with Crippen molar-refractivity contribution in [2.45, 2.75) is 52.1 Å². The van der Waals surface area contributed by atoms with Gasteiger partial charge >= 0.3 is 0 Å². The van der Waals surface area contributed by atoms with Crippen LogP contribution >= 0.6 is 0 Å². The molecule has 1 aliphatic rings. The molecule has 0 unspecified atom stereocenters. The summed E-state index contributed by atoms with van der Waals surface area (Å²) in [4.78, 5) is 0. The van der Waals surface area contributed by atoms with Gasteiger partial charge in [0, 0.05) is 11.1 Å². The first-order chi connectivity index (χ1) is 16.4. The predicted molar refractivity (Wildman–Crippen MR) is 124 cm³/mol. The summed E-state index contributed by atoms with van der Waals surface area (Å²) < 4.78 is 68.8. The SMILES string of the molecule is CCOc1ccc(-c2ccc(OCc3ccc(C4CCC(C)CC4)c(F)c3F)cc2)c(F)c1F. The van der Waals surface area contributed by atoms with E-state index >= 15 is 0 Å². The molecule has 3 aromatic carbocycles. The van der Waals surface area contributed by atoms with Crippen molar-refractivity contribution >= 4 is 0 Å². The van der Waals surface area contributed by atoms with Gasteiger partial charge in [-0.2, -0.15) is 4.39 Å². The Hall–Kier alpha value is -3.02. The highest BCUT2D eigenvalue weighted by atomic mass is 19.2. The molecule has 0 N–H and O–H groups in total.